The molecule has 2 aliphatic rings. The largest absolute Gasteiger partial charge is 0.401 e. The van der Waals surface area contributed by atoms with Crippen LogP contribution < -0.4 is 10.6 Å². The van der Waals surface area contributed by atoms with Crippen molar-refractivity contribution in [2.24, 2.45) is 10.9 Å². The maximum atomic E-state index is 12.5. The Morgan fingerprint density at radius 3 is 2.31 bits per heavy atom. The summed E-state index contributed by atoms with van der Waals surface area (Å²) in [5.74, 6) is 1.29. The number of rotatable bonds is 9. The molecule has 0 radical (unpaired) electrons. The Morgan fingerprint density at radius 2 is 1.69 bits per heavy atom. The van der Waals surface area contributed by atoms with Crippen molar-refractivity contribution in [1.82, 2.24) is 20.4 Å². The number of halogens is 3. The van der Waals surface area contributed by atoms with Crippen LogP contribution in [0.4, 0.5) is 13.2 Å². The van der Waals surface area contributed by atoms with Crippen LogP contribution in [0.15, 0.2) is 4.99 Å². The summed E-state index contributed by atoms with van der Waals surface area (Å²) < 4.78 is 37.4. The van der Waals surface area contributed by atoms with Crippen LogP contribution in [0, 0.1) is 5.92 Å². The fourth-order valence-corrected chi connectivity index (χ4v) is 4.05. The number of piperidine rings is 2. The van der Waals surface area contributed by atoms with E-state index in [0.717, 1.165) is 83.8 Å². The topological polar surface area (TPSA) is 63.1 Å². The van der Waals surface area contributed by atoms with Gasteiger partial charge in [-0.1, -0.05) is 0 Å². The molecule has 2 fully saturated rings. The molecule has 2 heterocycles. The molecule has 0 amide bonds. The highest BCUT2D eigenvalue weighted by atomic mass is 19.4. The van der Waals surface area contributed by atoms with E-state index in [1.165, 1.54) is 4.90 Å². The van der Waals surface area contributed by atoms with Crippen molar-refractivity contribution < 1.29 is 18.3 Å². The van der Waals surface area contributed by atoms with E-state index in [2.05, 4.69) is 20.5 Å². The Kier molecular flexibility index (Phi) is 10.5. The van der Waals surface area contributed by atoms with Crippen LogP contribution >= 0.6 is 0 Å². The Balaban J connectivity index is 1.59. The molecule has 3 N–H and O–H groups in total. The van der Waals surface area contributed by atoms with E-state index in [0.29, 0.717) is 19.0 Å². The van der Waals surface area contributed by atoms with Crippen molar-refractivity contribution in [3.63, 3.8) is 0 Å². The first-order valence-electron chi connectivity index (χ1n) is 11.1. The van der Waals surface area contributed by atoms with E-state index in [1.807, 2.05) is 6.92 Å². The zero-order valence-corrected chi connectivity index (χ0v) is 17.7. The summed E-state index contributed by atoms with van der Waals surface area (Å²) >= 11 is 0. The second-order valence-corrected chi connectivity index (χ2v) is 8.24. The van der Waals surface area contributed by atoms with Gasteiger partial charge in [0.1, 0.15) is 0 Å². The Labute approximate surface area is 172 Å². The average Bonchev–Trinajstić information content (AvgIpc) is 2.67. The number of alkyl halides is 3. The SMILES string of the molecule is CCNC(=NCCCN1CCC(O)CC1)NCCC1CCN(CC(F)(F)F)CC1. The third kappa shape index (κ3) is 10.5. The Morgan fingerprint density at radius 1 is 1.03 bits per heavy atom. The van der Waals surface area contributed by atoms with E-state index in [4.69, 9.17) is 0 Å². The van der Waals surface area contributed by atoms with Gasteiger partial charge in [0.15, 0.2) is 5.96 Å². The summed E-state index contributed by atoms with van der Waals surface area (Å²) in [4.78, 5) is 8.53. The molecule has 0 aromatic heterocycles. The molecule has 29 heavy (non-hydrogen) atoms. The van der Waals surface area contributed by atoms with Crippen LogP contribution in [0.1, 0.15) is 45.4 Å². The minimum atomic E-state index is -4.10. The summed E-state index contributed by atoms with van der Waals surface area (Å²) in [5.41, 5.74) is 0. The number of hydrogen-bond donors (Lipinski definition) is 3. The zero-order chi connectivity index (χ0) is 21.1. The van der Waals surface area contributed by atoms with Gasteiger partial charge in [-0.2, -0.15) is 13.2 Å². The van der Waals surface area contributed by atoms with Gasteiger partial charge in [0.25, 0.3) is 0 Å². The predicted octanol–water partition coefficient (Wildman–Crippen LogP) is 2.05. The van der Waals surface area contributed by atoms with Crippen LogP contribution in [-0.2, 0) is 0 Å². The van der Waals surface area contributed by atoms with Crippen molar-refractivity contribution in [1.29, 1.82) is 0 Å². The highest BCUT2D eigenvalue weighted by Crippen LogP contribution is 2.23. The summed E-state index contributed by atoms with van der Waals surface area (Å²) in [7, 11) is 0. The van der Waals surface area contributed by atoms with E-state index in [-0.39, 0.29) is 6.10 Å². The first-order valence-corrected chi connectivity index (χ1v) is 11.1. The van der Waals surface area contributed by atoms with Gasteiger partial charge in [-0.05, 0) is 71.0 Å². The number of likely N-dealkylation sites (tertiary alicyclic amines) is 2. The Bertz CT molecular complexity index is 473. The van der Waals surface area contributed by atoms with Crippen molar-refractivity contribution >= 4 is 5.96 Å². The lowest BCUT2D eigenvalue weighted by atomic mass is 9.93. The summed E-state index contributed by atoms with van der Waals surface area (Å²) in [6.45, 7) is 7.59. The van der Waals surface area contributed by atoms with E-state index < -0.39 is 12.7 Å². The van der Waals surface area contributed by atoms with Crippen molar-refractivity contribution in [2.45, 2.75) is 57.7 Å². The smallest absolute Gasteiger partial charge is 0.393 e. The first kappa shape index (κ1) is 24.2. The normalized spacial score (nSPS) is 21.5. The summed E-state index contributed by atoms with van der Waals surface area (Å²) in [6, 6.07) is 0. The van der Waals surface area contributed by atoms with Crippen LogP contribution in [-0.4, -0.2) is 92.0 Å². The molecule has 9 heteroatoms. The molecule has 0 bridgehead atoms. The third-order valence-electron chi connectivity index (χ3n) is 5.76. The lowest BCUT2D eigenvalue weighted by Crippen LogP contribution is -2.41. The monoisotopic (exact) mass is 421 g/mol. The summed E-state index contributed by atoms with van der Waals surface area (Å²) in [5, 5.41) is 16.2. The molecule has 2 rings (SSSR count). The van der Waals surface area contributed by atoms with E-state index >= 15 is 0 Å². The average molecular weight is 422 g/mol. The van der Waals surface area contributed by atoms with Crippen molar-refractivity contribution in [2.75, 3.05) is 58.9 Å². The molecule has 2 saturated heterocycles. The number of guanidine groups is 1. The number of aliphatic hydroxyl groups is 1. The molecule has 0 aromatic carbocycles. The van der Waals surface area contributed by atoms with Crippen LogP contribution in [0.5, 0.6) is 0 Å². The van der Waals surface area contributed by atoms with Gasteiger partial charge in [-0.15, -0.1) is 0 Å². The quantitative estimate of drug-likeness (QED) is 0.302. The van der Waals surface area contributed by atoms with Crippen molar-refractivity contribution in [3.8, 4) is 0 Å². The van der Waals surface area contributed by atoms with Gasteiger partial charge >= 0.3 is 6.18 Å². The minimum Gasteiger partial charge on any atom is -0.393 e. The lowest BCUT2D eigenvalue weighted by molar-refractivity contribution is -0.148. The molecule has 170 valence electrons. The fourth-order valence-electron chi connectivity index (χ4n) is 4.05. The highest BCUT2D eigenvalue weighted by Gasteiger charge is 2.32. The number of hydrogen-bond acceptors (Lipinski definition) is 4. The number of nitrogens with zero attached hydrogens (tertiary/aromatic N) is 3. The number of nitrogens with one attached hydrogen (secondary N) is 2. The highest BCUT2D eigenvalue weighted by molar-refractivity contribution is 5.79. The van der Waals surface area contributed by atoms with Crippen molar-refractivity contribution in [3.05, 3.63) is 0 Å². The summed E-state index contributed by atoms with van der Waals surface area (Å²) in [6.07, 6.45) is 1.11. The molecule has 0 spiro atoms. The van der Waals surface area contributed by atoms with Gasteiger partial charge in [-0.25, -0.2) is 0 Å². The van der Waals surface area contributed by atoms with Gasteiger partial charge in [0.05, 0.1) is 12.6 Å². The van der Waals surface area contributed by atoms with Crippen LogP contribution in [0.3, 0.4) is 0 Å². The number of aliphatic hydroxyl groups excluding tert-OH is 1. The molecule has 0 unspecified atom stereocenters. The predicted molar refractivity (Wildman–Crippen MR) is 110 cm³/mol. The molecule has 0 saturated carbocycles. The molecular weight excluding hydrogens is 383 g/mol. The van der Waals surface area contributed by atoms with Gasteiger partial charge in [-0.3, -0.25) is 9.89 Å². The zero-order valence-electron chi connectivity index (χ0n) is 17.7. The molecule has 0 aromatic rings. The standard InChI is InChI=1S/C20H38F3N5O/c1-2-24-19(25-9-3-11-27-14-7-18(29)8-15-27)26-10-4-17-5-12-28(13-6-17)16-20(21,22)23/h17-18,29H,2-16H2,1H3,(H2,24,25,26). The third-order valence-corrected chi connectivity index (χ3v) is 5.76. The van der Waals surface area contributed by atoms with Gasteiger partial charge < -0.3 is 20.6 Å². The Hall–Kier alpha value is -1.06. The second kappa shape index (κ2) is 12.6. The van der Waals surface area contributed by atoms with Crippen LogP contribution in [0.25, 0.3) is 0 Å². The number of aliphatic imine (C=N–C) groups is 1. The van der Waals surface area contributed by atoms with E-state index in [1.54, 1.807) is 0 Å². The molecule has 2 aliphatic heterocycles. The van der Waals surface area contributed by atoms with Gasteiger partial charge in [0.2, 0.25) is 0 Å². The van der Waals surface area contributed by atoms with Gasteiger partial charge in [0, 0.05) is 32.7 Å². The maximum Gasteiger partial charge on any atom is 0.401 e. The van der Waals surface area contributed by atoms with Crippen LogP contribution in [0.2, 0.25) is 0 Å². The lowest BCUT2D eigenvalue weighted by Gasteiger charge is -2.32. The first-order chi connectivity index (χ1) is 13.9. The van der Waals surface area contributed by atoms with E-state index in [9.17, 15) is 18.3 Å². The maximum absolute atomic E-state index is 12.5. The second-order valence-electron chi connectivity index (χ2n) is 8.24. The molecular formula is C20H38F3N5O. The minimum absolute atomic E-state index is 0.134. The fraction of sp³-hybridized carbons (Fsp3) is 0.950. The molecule has 6 nitrogen and oxygen atoms in total. The molecule has 0 aliphatic carbocycles. The molecule has 0 atom stereocenters.